The van der Waals surface area contributed by atoms with Gasteiger partial charge in [-0.1, -0.05) is 53.6 Å². The van der Waals surface area contributed by atoms with Gasteiger partial charge in [0.1, 0.15) is 6.04 Å². The molecule has 0 aliphatic rings. The quantitative estimate of drug-likeness (QED) is 0.534. The largest absolute Gasteiger partial charge is 0.353 e. The number of anilines is 2. The van der Waals surface area contributed by atoms with E-state index in [4.69, 9.17) is 16.6 Å². The third-order valence-corrected chi connectivity index (χ3v) is 5.94. The molecule has 1 N–H and O–H groups in total. The van der Waals surface area contributed by atoms with Gasteiger partial charge < -0.3 is 15.1 Å². The fraction of sp³-hybridized carbons (Fsp3) is 0.304. The summed E-state index contributed by atoms with van der Waals surface area (Å²) in [5.41, 5.74) is 3.90. The number of halogens is 1. The lowest BCUT2D eigenvalue weighted by molar-refractivity contribution is -0.121. The van der Waals surface area contributed by atoms with E-state index in [-0.39, 0.29) is 5.91 Å². The lowest BCUT2D eigenvalue weighted by atomic mass is 10.1. The first kappa shape index (κ1) is 22.3. The van der Waals surface area contributed by atoms with Gasteiger partial charge in [0.15, 0.2) is 5.13 Å². The van der Waals surface area contributed by atoms with E-state index >= 15 is 0 Å². The highest BCUT2D eigenvalue weighted by Crippen LogP contribution is 2.37. The SMILES string of the molecule is Cc1ccc(-c2csc(N(c3ccccc3Cl)[C@@H](C)C(=O)NCCN(C)C)n2)cc1. The number of nitrogens with one attached hydrogen (secondary N) is 1. The second-order valence-corrected chi connectivity index (χ2v) is 8.72. The molecule has 5 nitrogen and oxygen atoms in total. The summed E-state index contributed by atoms with van der Waals surface area (Å²) in [6, 6.07) is 15.3. The van der Waals surface area contributed by atoms with Gasteiger partial charge in [-0.25, -0.2) is 4.98 Å². The number of benzene rings is 2. The number of rotatable bonds is 8. The first-order valence-corrected chi connectivity index (χ1v) is 11.1. The molecule has 3 aromatic rings. The van der Waals surface area contributed by atoms with Crippen LogP contribution >= 0.6 is 22.9 Å². The van der Waals surface area contributed by atoms with Crippen LogP contribution in [0.3, 0.4) is 0 Å². The Morgan fingerprint density at radius 2 is 1.87 bits per heavy atom. The molecular formula is C23H27ClN4OS. The number of nitrogens with zero attached hydrogens (tertiary/aromatic N) is 3. The topological polar surface area (TPSA) is 48.5 Å². The summed E-state index contributed by atoms with van der Waals surface area (Å²) in [4.78, 5) is 21.7. The molecule has 1 amide bonds. The van der Waals surface area contributed by atoms with Crippen molar-refractivity contribution in [2.75, 3.05) is 32.1 Å². The van der Waals surface area contributed by atoms with E-state index in [1.165, 1.54) is 16.9 Å². The standard InChI is InChI=1S/C23H27ClN4OS/c1-16-9-11-18(12-10-16)20-15-30-23(26-20)28(21-8-6-5-7-19(21)24)17(2)22(29)25-13-14-27(3)4/h5-12,15,17H,13-14H2,1-4H3,(H,25,29)/t17-/m0/s1. The molecule has 0 fully saturated rings. The molecule has 0 saturated carbocycles. The van der Waals surface area contributed by atoms with Crippen molar-refractivity contribution in [3.05, 3.63) is 64.5 Å². The Labute approximate surface area is 187 Å². The van der Waals surface area contributed by atoms with Crippen molar-refractivity contribution in [2.24, 2.45) is 0 Å². The van der Waals surface area contributed by atoms with E-state index in [9.17, 15) is 4.79 Å². The molecule has 0 aliphatic carbocycles. The van der Waals surface area contributed by atoms with E-state index in [0.29, 0.717) is 11.6 Å². The van der Waals surface area contributed by atoms with E-state index in [2.05, 4.69) is 36.5 Å². The molecule has 0 aliphatic heterocycles. The highest BCUT2D eigenvalue weighted by atomic mass is 35.5. The van der Waals surface area contributed by atoms with E-state index in [1.807, 2.05) is 60.5 Å². The zero-order valence-corrected chi connectivity index (χ0v) is 19.3. The van der Waals surface area contributed by atoms with Crippen LogP contribution in [0.4, 0.5) is 10.8 Å². The second kappa shape index (κ2) is 10.1. The summed E-state index contributed by atoms with van der Waals surface area (Å²) >= 11 is 8.00. The lowest BCUT2D eigenvalue weighted by Crippen LogP contribution is -2.44. The molecular weight excluding hydrogens is 416 g/mol. The number of hydrogen-bond donors (Lipinski definition) is 1. The number of amides is 1. The average Bonchev–Trinajstić information content (AvgIpc) is 3.19. The molecule has 7 heteroatoms. The maximum Gasteiger partial charge on any atom is 0.242 e. The summed E-state index contributed by atoms with van der Waals surface area (Å²) in [5, 5.41) is 6.34. The molecule has 0 saturated heterocycles. The van der Waals surface area contributed by atoms with E-state index < -0.39 is 6.04 Å². The Balaban J connectivity index is 1.92. The normalized spacial score (nSPS) is 12.1. The van der Waals surface area contributed by atoms with Crippen molar-refractivity contribution in [3.63, 3.8) is 0 Å². The zero-order valence-electron chi connectivity index (χ0n) is 17.7. The maximum absolute atomic E-state index is 12.9. The minimum Gasteiger partial charge on any atom is -0.353 e. The number of carbonyl (C=O) groups is 1. The molecule has 30 heavy (non-hydrogen) atoms. The van der Waals surface area contributed by atoms with E-state index in [1.54, 1.807) is 0 Å². The molecule has 158 valence electrons. The van der Waals surface area contributed by atoms with Crippen LogP contribution in [0, 0.1) is 6.92 Å². The van der Waals surface area contributed by atoms with Gasteiger partial charge in [0, 0.05) is 24.0 Å². The Morgan fingerprint density at radius 3 is 2.53 bits per heavy atom. The van der Waals surface area contributed by atoms with Crippen LogP contribution in [0.15, 0.2) is 53.9 Å². The van der Waals surface area contributed by atoms with Crippen LogP contribution in [0.5, 0.6) is 0 Å². The predicted octanol–water partition coefficient (Wildman–Crippen LogP) is 4.98. The number of aryl methyl sites for hydroxylation is 1. The van der Waals surface area contributed by atoms with E-state index in [0.717, 1.165) is 28.6 Å². The Bertz CT molecular complexity index is 987. The van der Waals surface area contributed by atoms with Crippen molar-refractivity contribution in [2.45, 2.75) is 19.9 Å². The van der Waals surface area contributed by atoms with Gasteiger partial charge in [0.2, 0.25) is 5.91 Å². The number of hydrogen-bond acceptors (Lipinski definition) is 5. The van der Waals surface area contributed by atoms with Crippen molar-refractivity contribution in [3.8, 4) is 11.3 Å². The molecule has 0 radical (unpaired) electrons. The van der Waals surface area contributed by atoms with Crippen LogP contribution < -0.4 is 10.2 Å². The molecule has 0 unspecified atom stereocenters. The monoisotopic (exact) mass is 442 g/mol. The summed E-state index contributed by atoms with van der Waals surface area (Å²) < 4.78 is 0. The number of aromatic nitrogens is 1. The fourth-order valence-electron chi connectivity index (χ4n) is 3.02. The van der Waals surface area contributed by atoms with Crippen LogP contribution in [0.25, 0.3) is 11.3 Å². The fourth-order valence-corrected chi connectivity index (χ4v) is 4.18. The molecule has 1 atom stereocenters. The van der Waals surface area contributed by atoms with Crippen LogP contribution in [-0.2, 0) is 4.79 Å². The van der Waals surface area contributed by atoms with Crippen molar-refractivity contribution in [1.29, 1.82) is 0 Å². The molecule has 0 spiro atoms. The smallest absolute Gasteiger partial charge is 0.242 e. The van der Waals surface area contributed by atoms with Gasteiger partial charge in [-0.05, 0) is 40.1 Å². The number of para-hydroxylation sites is 1. The highest BCUT2D eigenvalue weighted by molar-refractivity contribution is 7.14. The minimum atomic E-state index is -0.468. The second-order valence-electron chi connectivity index (χ2n) is 7.47. The zero-order chi connectivity index (χ0) is 21.7. The predicted molar refractivity (Wildman–Crippen MR) is 127 cm³/mol. The Kier molecular flexibility index (Phi) is 7.48. The van der Waals surface area contributed by atoms with Gasteiger partial charge in [0.25, 0.3) is 0 Å². The molecule has 2 aromatic carbocycles. The highest BCUT2D eigenvalue weighted by Gasteiger charge is 2.27. The van der Waals surface area contributed by atoms with Crippen LogP contribution in [0.1, 0.15) is 12.5 Å². The van der Waals surface area contributed by atoms with Crippen LogP contribution in [-0.4, -0.2) is 49.0 Å². The van der Waals surface area contributed by atoms with Gasteiger partial charge in [0.05, 0.1) is 16.4 Å². The van der Waals surface area contributed by atoms with Gasteiger partial charge in [-0.3, -0.25) is 4.79 Å². The molecule has 0 bridgehead atoms. The minimum absolute atomic E-state index is 0.0659. The Hall–Kier alpha value is -2.41. The van der Waals surface area contributed by atoms with Gasteiger partial charge in [-0.15, -0.1) is 11.3 Å². The van der Waals surface area contributed by atoms with Gasteiger partial charge >= 0.3 is 0 Å². The third kappa shape index (κ3) is 5.39. The van der Waals surface area contributed by atoms with Crippen molar-refractivity contribution in [1.82, 2.24) is 15.2 Å². The molecule has 3 rings (SSSR count). The van der Waals surface area contributed by atoms with Crippen molar-refractivity contribution >= 4 is 39.7 Å². The summed E-state index contributed by atoms with van der Waals surface area (Å²) in [5.74, 6) is -0.0659. The summed E-state index contributed by atoms with van der Waals surface area (Å²) in [6.07, 6.45) is 0. The van der Waals surface area contributed by atoms with Gasteiger partial charge in [-0.2, -0.15) is 0 Å². The molecule has 1 heterocycles. The molecule has 1 aromatic heterocycles. The summed E-state index contributed by atoms with van der Waals surface area (Å²) in [7, 11) is 3.96. The average molecular weight is 443 g/mol. The Morgan fingerprint density at radius 1 is 1.17 bits per heavy atom. The number of carbonyl (C=O) groups excluding carboxylic acids is 1. The first-order chi connectivity index (χ1) is 14.4. The summed E-state index contributed by atoms with van der Waals surface area (Å²) in [6.45, 7) is 5.30. The lowest BCUT2D eigenvalue weighted by Gasteiger charge is -2.29. The maximum atomic E-state index is 12.9. The number of thiazole rings is 1. The van der Waals surface area contributed by atoms with Crippen molar-refractivity contribution < 1.29 is 4.79 Å². The number of likely N-dealkylation sites (N-methyl/N-ethyl adjacent to an activating group) is 1. The first-order valence-electron chi connectivity index (χ1n) is 9.85. The van der Waals surface area contributed by atoms with Crippen LogP contribution in [0.2, 0.25) is 5.02 Å². The third-order valence-electron chi connectivity index (χ3n) is 4.78.